The molecule has 0 saturated carbocycles. The zero-order chi connectivity index (χ0) is 13.1. The van der Waals surface area contributed by atoms with E-state index in [4.69, 9.17) is 11.6 Å². The van der Waals surface area contributed by atoms with E-state index in [1.54, 1.807) is 0 Å². The summed E-state index contributed by atoms with van der Waals surface area (Å²) < 4.78 is 0. The highest BCUT2D eigenvalue weighted by molar-refractivity contribution is 6.52. The van der Waals surface area contributed by atoms with E-state index in [9.17, 15) is 4.79 Å². The first-order valence-electron chi connectivity index (χ1n) is 5.90. The normalized spacial score (nSPS) is 11.1. The molecule has 0 aliphatic carbocycles. The Morgan fingerprint density at radius 3 is 2.53 bits per heavy atom. The molecule has 0 aliphatic rings. The van der Waals surface area contributed by atoms with E-state index < -0.39 is 0 Å². The van der Waals surface area contributed by atoms with Crippen molar-refractivity contribution in [3.8, 4) is 0 Å². The average Bonchev–Trinajstić information content (AvgIpc) is 2.18. The molecule has 0 radical (unpaired) electrons. The third-order valence-electron chi connectivity index (χ3n) is 2.41. The Morgan fingerprint density at radius 1 is 1.41 bits per heavy atom. The van der Waals surface area contributed by atoms with E-state index in [1.165, 1.54) is 5.46 Å². The number of hydrogen-bond acceptors (Lipinski definition) is 1. The monoisotopic (exact) mass is 251 g/mol. The number of halogens is 1. The second-order valence-corrected chi connectivity index (χ2v) is 5.86. The maximum atomic E-state index is 11.8. The van der Waals surface area contributed by atoms with E-state index in [-0.39, 0.29) is 11.3 Å². The SMILES string of the molecule is CBc1ccc(NC(=O)CC(C)(C)C)c(Cl)c1. The fraction of sp³-hybridized carbons (Fsp3) is 0.462. The van der Waals surface area contributed by atoms with Crippen molar-refractivity contribution in [3.05, 3.63) is 23.2 Å². The average molecular weight is 252 g/mol. The summed E-state index contributed by atoms with van der Waals surface area (Å²) in [6.07, 6.45) is 0.485. The van der Waals surface area contributed by atoms with Crippen molar-refractivity contribution < 1.29 is 4.79 Å². The first-order valence-corrected chi connectivity index (χ1v) is 6.28. The molecule has 2 nitrogen and oxygen atoms in total. The van der Waals surface area contributed by atoms with Gasteiger partial charge < -0.3 is 5.32 Å². The fourth-order valence-electron chi connectivity index (χ4n) is 1.56. The number of anilines is 1. The molecule has 1 aromatic rings. The van der Waals surface area contributed by atoms with Crippen LogP contribution < -0.4 is 10.8 Å². The number of amides is 1. The molecule has 0 heterocycles. The minimum absolute atomic E-state index is 0.00338. The Hall–Kier alpha value is -0.955. The molecule has 0 fully saturated rings. The molecule has 1 amide bonds. The van der Waals surface area contributed by atoms with Crippen LogP contribution in [0.4, 0.5) is 5.69 Å². The Kier molecular flexibility index (Phi) is 4.64. The second kappa shape index (κ2) is 5.59. The lowest BCUT2D eigenvalue weighted by molar-refractivity contribution is -0.117. The highest BCUT2D eigenvalue weighted by atomic mass is 35.5. The van der Waals surface area contributed by atoms with Crippen LogP contribution in [0, 0.1) is 5.41 Å². The van der Waals surface area contributed by atoms with E-state index in [1.807, 2.05) is 39.0 Å². The van der Waals surface area contributed by atoms with Crippen LogP contribution in [0.2, 0.25) is 11.8 Å². The van der Waals surface area contributed by atoms with E-state index in [0.717, 1.165) is 7.28 Å². The quantitative estimate of drug-likeness (QED) is 0.823. The summed E-state index contributed by atoms with van der Waals surface area (Å²) in [6.45, 7) is 8.18. The van der Waals surface area contributed by atoms with Gasteiger partial charge in [-0.1, -0.05) is 50.7 Å². The van der Waals surface area contributed by atoms with Crippen LogP contribution >= 0.6 is 11.6 Å². The molecule has 0 aromatic heterocycles. The molecule has 1 N–H and O–H groups in total. The number of carbonyl (C=O) groups excluding carboxylic acids is 1. The summed E-state index contributed by atoms with van der Waals surface area (Å²) in [7, 11) is 0.940. The lowest BCUT2D eigenvalue weighted by Gasteiger charge is -2.17. The number of rotatable bonds is 3. The molecule has 0 atom stereocenters. The molecule has 0 saturated heterocycles. The van der Waals surface area contributed by atoms with Crippen molar-refractivity contribution in [2.24, 2.45) is 5.41 Å². The summed E-state index contributed by atoms with van der Waals surface area (Å²) in [6, 6.07) is 5.74. The van der Waals surface area contributed by atoms with Gasteiger partial charge in [-0.3, -0.25) is 4.79 Å². The number of carbonyl (C=O) groups is 1. The van der Waals surface area contributed by atoms with Gasteiger partial charge in [-0.25, -0.2) is 0 Å². The molecular weight excluding hydrogens is 232 g/mol. The lowest BCUT2D eigenvalue weighted by Crippen LogP contribution is -2.20. The molecule has 0 aliphatic heterocycles. The van der Waals surface area contributed by atoms with Gasteiger partial charge in [0.15, 0.2) is 7.28 Å². The molecule has 1 rings (SSSR count). The molecule has 4 heteroatoms. The summed E-state index contributed by atoms with van der Waals surface area (Å²) in [5.41, 5.74) is 1.85. The molecule has 0 unspecified atom stereocenters. The summed E-state index contributed by atoms with van der Waals surface area (Å²) in [5.74, 6) is 0.00338. The topological polar surface area (TPSA) is 29.1 Å². The zero-order valence-corrected chi connectivity index (χ0v) is 11.7. The van der Waals surface area contributed by atoms with Gasteiger partial charge in [-0.05, 0) is 17.5 Å². The van der Waals surface area contributed by atoms with Gasteiger partial charge in [0.25, 0.3) is 0 Å². The van der Waals surface area contributed by atoms with Gasteiger partial charge in [0.05, 0.1) is 10.7 Å². The smallest absolute Gasteiger partial charge is 0.224 e. The van der Waals surface area contributed by atoms with Crippen molar-refractivity contribution in [2.75, 3.05) is 5.32 Å². The minimum atomic E-state index is -0.0140. The lowest BCUT2D eigenvalue weighted by atomic mass is 9.73. The van der Waals surface area contributed by atoms with Crippen molar-refractivity contribution in [2.45, 2.75) is 34.0 Å². The van der Waals surface area contributed by atoms with E-state index >= 15 is 0 Å². The Labute approximate surface area is 109 Å². The van der Waals surface area contributed by atoms with Crippen LogP contribution in [0.1, 0.15) is 27.2 Å². The van der Waals surface area contributed by atoms with Gasteiger partial charge in [0.2, 0.25) is 5.91 Å². The number of hydrogen-bond donors (Lipinski definition) is 1. The molecule has 92 valence electrons. The van der Waals surface area contributed by atoms with Crippen LogP contribution in [-0.4, -0.2) is 13.2 Å². The first-order chi connectivity index (χ1) is 7.81. The Morgan fingerprint density at radius 2 is 2.06 bits per heavy atom. The van der Waals surface area contributed by atoms with Crippen LogP contribution in [0.15, 0.2) is 18.2 Å². The molecule has 0 bridgehead atoms. The van der Waals surface area contributed by atoms with Crippen molar-refractivity contribution in [1.82, 2.24) is 0 Å². The number of nitrogens with one attached hydrogen (secondary N) is 1. The largest absolute Gasteiger partial charge is 0.325 e. The standard InChI is InChI=1S/C13H19BClNO/c1-13(2,3)8-12(17)16-11-6-5-9(14-4)7-10(11)15/h5-7,14H,8H2,1-4H3,(H,16,17). The van der Waals surface area contributed by atoms with Crippen molar-refractivity contribution >= 4 is 35.9 Å². The van der Waals surface area contributed by atoms with Gasteiger partial charge in [-0.2, -0.15) is 0 Å². The third-order valence-corrected chi connectivity index (χ3v) is 2.72. The highest BCUT2D eigenvalue weighted by Gasteiger charge is 2.16. The maximum Gasteiger partial charge on any atom is 0.224 e. The van der Waals surface area contributed by atoms with Gasteiger partial charge >= 0.3 is 0 Å². The Bertz CT molecular complexity index is 412. The third kappa shape index (κ3) is 4.82. The first kappa shape index (κ1) is 14.1. The summed E-state index contributed by atoms with van der Waals surface area (Å²) >= 11 is 6.11. The summed E-state index contributed by atoms with van der Waals surface area (Å²) in [4.78, 5) is 11.8. The summed E-state index contributed by atoms with van der Waals surface area (Å²) in [5, 5.41) is 3.45. The molecule has 0 spiro atoms. The van der Waals surface area contributed by atoms with Crippen LogP contribution in [0.3, 0.4) is 0 Å². The molecule has 1 aromatic carbocycles. The van der Waals surface area contributed by atoms with Crippen LogP contribution in [0.25, 0.3) is 0 Å². The van der Waals surface area contributed by atoms with Crippen molar-refractivity contribution in [1.29, 1.82) is 0 Å². The maximum absolute atomic E-state index is 11.8. The van der Waals surface area contributed by atoms with Gasteiger partial charge in [-0.15, -0.1) is 0 Å². The van der Waals surface area contributed by atoms with E-state index in [0.29, 0.717) is 17.1 Å². The van der Waals surface area contributed by atoms with E-state index in [2.05, 4.69) is 12.1 Å². The highest BCUT2D eigenvalue weighted by Crippen LogP contribution is 2.23. The molecular formula is C13H19BClNO. The number of benzene rings is 1. The zero-order valence-electron chi connectivity index (χ0n) is 10.9. The second-order valence-electron chi connectivity index (χ2n) is 5.45. The van der Waals surface area contributed by atoms with Crippen LogP contribution in [-0.2, 0) is 4.79 Å². The van der Waals surface area contributed by atoms with Crippen molar-refractivity contribution in [3.63, 3.8) is 0 Å². The Balaban J connectivity index is 2.72. The molecule has 17 heavy (non-hydrogen) atoms. The predicted octanol–water partition coefficient (Wildman–Crippen LogP) is 2.82. The van der Waals surface area contributed by atoms with Gasteiger partial charge in [0, 0.05) is 6.42 Å². The van der Waals surface area contributed by atoms with Crippen LogP contribution in [0.5, 0.6) is 0 Å². The predicted molar refractivity (Wildman–Crippen MR) is 76.8 cm³/mol. The van der Waals surface area contributed by atoms with Gasteiger partial charge in [0.1, 0.15) is 0 Å². The minimum Gasteiger partial charge on any atom is -0.325 e. The fourth-order valence-corrected chi connectivity index (χ4v) is 1.81.